The molecule has 9 nitrogen and oxygen atoms in total. The van der Waals surface area contributed by atoms with Crippen LogP contribution in [0.2, 0.25) is 5.28 Å². The number of aromatic nitrogens is 3. The number of halogens is 2. The summed E-state index contributed by atoms with van der Waals surface area (Å²) in [5.41, 5.74) is 6.35. The van der Waals surface area contributed by atoms with E-state index >= 15 is 0 Å². The van der Waals surface area contributed by atoms with Gasteiger partial charge in [0.15, 0.2) is 5.79 Å². The maximum absolute atomic E-state index is 12.5. The van der Waals surface area contributed by atoms with E-state index in [-0.39, 0.29) is 29.6 Å². The lowest BCUT2D eigenvalue weighted by atomic mass is 9.82. The second-order valence-corrected chi connectivity index (χ2v) is 12.5. The molecule has 192 valence electrons. The lowest BCUT2D eigenvalue weighted by Crippen LogP contribution is -2.44. The van der Waals surface area contributed by atoms with Crippen molar-refractivity contribution in [1.82, 2.24) is 19.4 Å². The molecule has 0 radical (unpaired) electrons. The summed E-state index contributed by atoms with van der Waals surface area (Å²) in [5.74, 6) is 0.376. The molecule has 3 aliphatic rings. The average Bonchev–Trinajstić information content (AvgIpc) is 3.34. The number of nitrogen functional groups attached to an aromatic ring is 1. The molecule has 2 aliphatic heterocycles. The third kappa shape index (κ3) is 4.74. The van der Waals surface area contributed by atoms with Gasteiger partial charge in [-0.25, -0.2) is 9.78 Å². The van der Waals surface area contributed by atoms with E-state index in [0.717, 1.165) is 29.1 Å². The van der Waals surface area contributed by atoms with Crippen LogP contribution in [-0.2, 0) is 14.2 Å². The van der Waals surface area contributed by atoms with Crippen LogP contribution in [-0.4, -0.2) is 62.2 Å². The number of hydrogen-bond donors (Lipinski definition) is 1. The van der Waals surface area contributed by atoms with Gasteiger partial charge in [-0.15, -0.1) is 0 Å². The molecule has 3 fully saturated rings. The van der Waals surface area contributed by atoms with E-state index in [4.69, 9.17) is 31.5 Å². The Morgan fingerprint density at radius 1 is 1.23 bits per heavy atom. The third-order valence-corrected chi connectivity index (χ3v) is 8.03. The Hall–Kier alpha value is -1.62. The van der Waals surface area contributed by atoms with Gasteiger partial charge in [-0.1, -0.05) is 0 Å². The average molecular weight is 571 g/mol. The van der Waals surface area contributed by atoms with E-state index in [2.05, 4.69) is 30.5 Å². The molecule has 0 aromatic carbocycles. The molecule has 35 heavy (non-hydrogen) atoms. The molecule has 4 heterocycles. The Kier molecular flexibility index (Phi) is 6.26. The number of anilines is 1. The number of carbonyl (C=O) groups is 1. The molecule has 11 heteroatoms. The molecule has 2 aromatic rings. The number of hydrogen-bond acceptors (Lipinski definition) is 7. The van der Waals surface area contributed by atoms with Gasteiger partial charge in [-0.2, -0.15) is 4.98 Å². The van der Waals surface area contributed by atoms with E-state index in [1.165, 1.54) is 0 Å². The number of fused-ring (bicyclic) bond motifs is 2. The summed E-state index contributed by atoms with van der Waals surface area (Å²) in [4.78, 5) is 23.0. The van der Waals surface area contributed by atoms with Crippen LogP contribution < -0.4 is 5.73 Å². The number of amides is 1. The summed E-state index contributed by atoms with van der Waals surface area (Å²) in [6.07, 6.45) is 4.27. The van der Waals surface area contributed by atoms with Crippen LogP contribution in [0.15, 0.2) is 10.7 Å². The summed E-state index contributed by atoms with van der Waals surface area (Å²) < 4.78 is 21.4. The smallest absolute Gasteiger partial charge is 0.410 e. The van der Waals surface area contributed by atoms with Gasteiger partial charge < -0.3 is 29.4 Å². The van der Waals surface area contributed by atoms with Crippen LogP contribution in [0.4, 0.5) is 10.6 Å². The van der Waals surface area contributed by atoms with Gasteiger partial charge in [-0.05, 0) is 93.2 Å². The van der Waals surface area contributed by atoms with Crippen molar-refractivity contribution in [3.05, 3.63) is 16.0 Å². The number of piperidine rings is 1. The monoisotopic (exact) mass is 569 g/mol. The van der Waals surface area contributed by atoms with E-state index in [0.29, 0.717) is 36.4 Å². The summed E-state index contributed by atoms with van der Waals surface area (Å²) in [7, 11) is 0. The van der Waals surface area contributed by atoms with Crippen molar-refractivity contribution in [2.24, 2.45) is 11.8 Å². The van der Waals surface area contributed by atoms with Gasteiger partial charge in [-0.3, -0.25) is 0 Å². The molecule has 0 bridgehead atoms. The SMILES string of the molecule is CC(C)(C)OC(=O)N1CCC([C@H]2C[C@@H](n3cc(Br)c4c(N)nc(Cl)nc43)[C@@H]3OC(C)(C)O[C@@H]32)CC1. The predicted molar refractivity (Wildman–Crippen MR) is 136 cm³/mol. The highest BCUT2D eigenvalue weighted by Gasteiger charge is 2.56. The van der Waals surface area contributed by atoms with Crippen molar-refractivity contribution in [3.63, 3.8) is 0 Å². The molecule has 2 saturated heterocycles. The predicted octanol–water partition coefficient (Wildman–Crippen LogP) is 5.16. The first-order valence-electron chi connectivity index (χ1n) is 12.2. The molecule has 5 rings (SSSR count). The Balaban J connectivity index is 1.39. The number of ether oxygens (including phenoxy) is 3. The maximum Gasteiger partial charge on any atom is 0.410 e. The molecular weight excluding hydrogens is 538 g/mol. The molecule has 2 N–H and O–H groups in total. The maximum atomic E-state index is 12.5. The minimum Gasteiger partial charge on any atom is -0.444 e. The van der Waals surface area contributed by atoms with Crippen molar-refractivity contribution >= 4 is 50.5 Å². The zero-order valence-electron chi connectivity index (χ0n) is 20.8. The molecule has 4 atom stereocenters. The summed E-state index contributed by atoms with van der Waals surface area (Å²) in [6.45, 7) is 11.0. The topological polar surface area (TPSA) is 105 Å². The van der Waals surface area contributed by atoms with E-state index < -0.39 is 11.4 Å². The van der Waals surface area contributed by atoms with Gasteiger partial charge >= 0.3 is 6.09 Å². The molecule has 1 aliphatic carbocycles. The number of nitrogens with two attached hydrogens (primary N) is 1. The Morgan fingerprint density at radius 3 is 2.54 bits per heavy atom. The van der Waals surface area contributed by atoms with Crippen molar-refractivity contribution in [3.8, 4) is 0 Å². The van der Waals surface area contributed by atoms with Crippen molar-refractivity contribution in [2.45, 2.75) is 83.5 Å². The molecule has 0 unspecified atom stereocenters. The minimum absolute atomic E-state index is 0.00910. The minimum atomic E-state index is -0.671. The van der Waals surface area contributed by atoms with Crippen molar-refractivity contribution in [1.29, 1.82) is 0 Å². The standard InChI is InChI=1S/C24H33BrClN5O4/c1-23(2,3)35-22(32)30-8-6-12(7-9-30)13-10-15(18-17(13)33-24(4,5)34-18)31-11-14(25)16-19(27)28-21(26)29-20(16)31/h11-13,15,17-18H,6-10H2,1-5H3,(H2,27,28,29)/t13-,15-,17-,18+/m1/s1. The van der Waals surface area contributed by atoms with Crippen LogP contribution in [0.1, 0.15) is 59.9 Å². The number of nitrogens with zero attached hydrogens (tertiary/aromatic N) is 4. The fourth-order valence-corrected chi connectivity index (χ4v) is 6.69. The second-order valence-electron chi connectivity index (χ2n) is 11.3. The van der Waals surface area contributed by atoms with Crippen LogP contribution in [0, 0.1) is 11.8 Å². The van der Waals surface area contributed by atoms with Crippen molar-refractivity contribution < 1.29 is 19.0 Å². The number of likely N-dealkylation sites (tertiary alicyclic amines) is 1. The zero-order valence-corrected chi connectivity index (χ0v) is 23.1. The lowest BCUT2D eigenvalue weighted by molar-refractivity contribution is -0.163. The second kappa shape index (κ2) is 8.75. The summed E-state index contributed by atoms with van der Waals surface area (Å²) in [5, 5.41) is 0.865. The highest BCUT2D eigenvalue weighted by atomic mass is 79.9. The van der Waals surface area contributed by atoms with Gasteiger partial charge in [0.1, 0.15) is 23.2 Å². The Labute approximate surface area is 218 Å². The number of carbonyl (C=O) groups excluding carboxylic acids is 1. The zero-order chi connectivity index (χ0) is 25.3. The van der Waals surface area contributed by atoms with Gasteiger partial charge in [0.2, 0.25) is 5.28 Å². The first-order valence-corrected chi connectivity index (χ1v) is 13.3. The van der Waals surface area contributed by atoms with E-state index in [1.807, 2.05) is 45.7 Å². The van der Waals surface area contributed by atoms with E-state index in [1.54, 1.807) is 0 Å². The largest absolute Gasteiger partial charge is 0.444 e. The van der Waals surface area contributed by atoms with Crippen LogP contribution in [0.25, 0.3) is 11.0 Å². The molecule has 0 spiro atoms. The quantitative estimate of drug-likeness (QED) is 0.498. The van der Waals surface area contributed by atoms with Crippen molar-refractivity contribution in [2.75, 3.05) is 18.8 Å². The van der Waals surface area contributed by atoms with Gasteiger partial charge in [0, 0.05) is 23.8 Å². The molecular formula is C24H33BrClN5O4. The van der Waals surface area contributed by atoms with Crippen LogP contribution >= 0.6 is 27.5 Å². The normalized spacial score (nSPS) is 29.1. The highest BCUT2D eigenvalue weighted by Crippen LogP contribution is 2.52. The molecule has 2 aromatic heterocycles. The van der Waals surface area contributed by atoms with Crippen LogP contribution in [0.3, 0.4) is 0 Å². The summed E-state index contributed by atoms with van der Waals surface area (Å²) in [6, 6.07) is 0.00910. The molecule has 1 amide bonds. The fourth-order valence-electron chi connectivity index (χ4n) is 5.92. The van der Waals surface area contributed by atoms with Gasteiger partial charge in [0.05, 0.1) is 17.5 Å². The van der Waals surface area contributed by atoms with Crippen LogP contribution in [0.5, 0.6) is 0 Å². The Morgan fingerprint density at radius 2 is 1.89 bits per heavy atom. The highest BCUT2D eigenvalue weighted by molar-refractivity contribution is 9.10. The van der Waals surface area contributed by atoms with E-state index in [9.17, 15) is 4.79 Å². The first-order chi connectivity index (χ1) is 16.3. The Bertz CT molecular complexity index is 1140. The summed E-state index contributed by atoms with van der Waals surface area (Å²) >= 11 is 9.79. The third-order valence-electron chi connectivity index (χ3n) is 7.26. The molecule has 1 saturated carbocycles. The first kappa shape index (κ1) is 25.0. The lowest BCUT2D eigenvalue weighted by Gasteiger charge is -2.37. The van der Waals surface area contributed by atoms with Gasteiger partial charge in [0.25, 0.3) is 0 Å². The fraction of sp³-hybridized carbons (Fsp3) is 0.708. The number of rotatable bonds is 2.